The van der Waals surface area contributed by atoms with E-state index in [2.05, 4.69) is 10.4 Å². The zero-order valence-corrected chi connectivity index (χ0v) is 15.8. The molecule has 6 heteroatoms. The van der Waals surface area contributed by atoms with Gasteiger partial charge in [0.05, 0.1) is 22.6 Å². The number of nitrogens with zero attached hydrogens (tertiary/aromatic N) is 4. The predicted molar refractivity (Wildman–Crippen MR) is 106 cm³/mol. The van der Waals surface area contributed by atoms with Gasteiger partial charge in [0, 0.05) is 30.7 Å². The van der Waals surface area contributed by atoms with Crippen LogP contribution >= 0.6 is 0 Å². The van der Waals surface area contributed by atoms with Crippen LogP contribution < -0.4 is 5.32 Å². The molecule has 0 atom stereocenters. The summed E-state index contributed by atoms with van der Waals surface area (Å²) in [4.78, 5) is 17.6. The van der Waals surface area contributed by atoms with Crippen molar-refractivity contribution in [3.63, 3.8) is 0 Å². The third kappa shape index (κ3) is 2.89. The number of amides is 1. The molecule has 0 aliphatic rings. The third-order valence-electron chi connectivity index (χ3n) is 4.87. The highest BCUT2D eigenvalue weighted by Gasteiger charge is 2.19. The van der Waals surface area contributed by atoms with Crippen molar-refractivity contribution in [3.05, 3.63) is 71.3 Å². The number of benzene rings is 1. The first-order valence-corrected chi connectivity index (χ1v) is 8.81. The molecule has 0 bridgehead atoms. The van der Waals surface area contributed by atoms with Gasteiger partial charge in [0.15, 0.2) is 0 Å². The Hall–Kier alpha value is -3.41. The maximum atomic E-state index is 12.9. The van der Waals surface area contributed by atoms with Crippen LogP contribution in [-0.2, 0) is 7.05 Å². The van der Waals surface area contributed by atoms with Crippen LogP contribution in [0.15, 0.2) is 48.8 Å². The number of fused-ring (bicyclic) bond motifs is 1. The van der Waals surface area contributed by atoms with E-state index in [-0.39, 0.29) is 5.91 Å². The highest BCUT2D eigenvalue weighted by molar-refractivity contribution is 6.07. The molecular formula is C21H21N5O. The molecule has 1 aromatic carbocycles. The Balaban J connectivity index is 1.75. The molecule has 6 nitrogen and oxygen atoms in total. The summed E-state index contributed by atoms with van der Waals surface area (Å²) >= 11 is 0. The average molecular weight is 359 g/mol. The second kappa shape index (κ2) is 6.39. The molecule has 1 amide bonds. The van der Waals surface area contributed by atoms with E-state index in [1.165, 1.54) is 0 Å². The van der Waals surface area contributed by atoms with Gasteiger partial charge in [0.2, 0.25) is 0 Å². The summed E-state index contributed by atoms with van der Waals surface area (Å²) in [5, 5.41) is 7.37. The van der Waals surface area contributed by atoms with Crippen LogP contribution in [0.5, 0.6) is 0 Å². The van der Waals surface area contributed by atoms with E-state index in [1.54, 1.807) is 4.68 Å². The van der Waals surface area contributed by atoms with Crippen molar-refractivity contribution in [1.82, 2.24) is 19.2 Å². The zero-order chi connectivity index (χ0) is 19.1. The quantitative estimate of drug-likeness (QED) is 0.603. The molecule has 4 aromatic rings. The van der Waals surface area contributed by atoms with Gasteiger partial charge in [0.25, 0.3) is 5.91 Å². The molecular weight excluding hydrogens is 338 g/mol. The Morgan fingerprint density at radius 3 is 2.56 bits per heavy atom. The Morgan fingerprint density at radius 2 is 1.85 bits per heavy atom. The number of carbonyl (C=O) groups excluding carboxylic acids is 1. The first-order chi connectivity index (χ1) is 13.0. The van der Waals surface area contributed by atoms with Crippen LogP contribution in [0.3, 0.4) is 0 Å². The summed E-state index contributed by atoms with van der Waals surface area (Å²) in [5.41, 5.74) is 6.61. The fraction of sp³-hybridized carbons (Fsp3) is 0.190. The number of nitrogens with one attached hydrogen (secondary N) is 1. The van der Waals surface area contributed by atoms with Crippen molar-refractivity contribution < 1.29 is 4.79 Å². The van der Waals surface area contributed by atoms with Crippen LogP contribution in [0.1, 0.15) is 27.3 Å². The molecule has 0 aliphatic heterocycles. The average Bonchev–Trinajstić information content (AvgIpc) is 3.17. The monoisotopic (exact) mass is 359 g/mol. The highest BCUT2D eigenvalue weighted by Crippen LogP contribution is 2.29. The molecule has 3 aromatic heterocycles. The Morgan fingerprint density at radius 1 is 1.07 bits per heavy atom. The molecule has 0 fully saturated rings. The Kier molecular flexibility index (Phi) is 4.03. The van der Waals surface area contributed by atoms with Crippen LogP contribution in [0.4, 0.5) is 5.69 Å². The lowest BCUT2D eigenvalue weighted by atomic mass is 10.1. The third-order valence-corrected chi connectivity index (χ3v) is 4.87. The second-order valence-electron chi connectivity index (χ2n) is 6.72. The van der Waals surface area contributed by atoms with Gasteiger partial charge in [-0.15, -0.1) is 0 Å². The molecule has 3 heterocycles. The standard InChI is InChI=1S/C21H21N5O/c1-13-8-7-11-26-12-18(22-20(13)26)16-9-5-6-10-17(16)23-21(27)19-14(2)24-25(4)15(19)3/h5-12H,1-4H3,(H,23,27). The number of para-hydroxylation sites is 1. The van der Waals surface area contributed by atoms with E-state index in [0.29, 0.717) is 11.3 Å². The molecule has 0 saturated carbocycles. The lowest BCUT2D eigenvalue weighted by molar-refractivity contribution is 0.102. The topological polar surface area (TPSA) is 64.2 Å². The van der Waals surface area contributed by atoms with Gasteiger partial charge in [-0.3, -0.25) is 9.48 Å². The summed E-state index contributed by atoms with van der Waals surface area (Å²) < 4.78 is 3.72. The van der Waals surface area contributed by atoms with Crippen LogP contribution in [0, 0.1) is 20.8 Å². The fourth-order valence-corrected chi connectivity index (χ4v) is 3.39. The smallest absolute Gasteiger partial charge is 0.259 e. The summed E-state index contributed by atoms with van der Waals surface area (Å²) in [6.07, 6.45) is 3.95. The first kappa shape index (κ1) is 17.0. The minimum absolute atomic E-state index is 0.162. The Labute approximate surface area is 157 Å². The van der Waals surface area contributed by atoms with E-state index in [0.717, 1.165) is 33.8 Å². The SMILES string of the molecule is Cc1nn(C)c(C)c1C(=O)Nc1ccccc1-c1cn2cccc(C)c2n1. The molecule has 4 rings (SSSR count). The minimum atomic E-state index is -0.162. The number of hydrogen-bond donors (Lipinski definition) is 1. The molecule has 136 valence electrons. The Bertz CT molecular complexity index is 1170. The number of hydrogen-bond acceptors (Lipinski definition) is 3. The molecule has 1 N–H and O–H groups in total. The van der Waals surface area contributed by atoms with Crippen molar-refractivity contribution in [3.8, 4) is 11.3 Å². The maximum absolute atomic E-state index is 12.9. The van der Waals surface area contributed by atoms with Gasteiger partial charge >= 0.3 is 0 Å². The number of carbonyl (C=O) groups is 1. The zero-order valence-electron chi connectivity index (χ0n) is 15.8. The maximum Gasteiger partial charge on any atom is 0.259 e. The van der Waals surface area contributed by atoms with Crippen molar-refractivity contribution in [2.24, 2.45) is 7.05 Å². The highest BCUT2D eigenvalue weighted by atomic mass is 16.1. The number of imidazole rings is 1. The molecule has 27 heavy (non-hydrogen) atoms. The number of rotatable bonds is 3. The van der Waals surface area contributed by atoms with E-state index in [4.69, 9.17) is 4.98 Å². The largest absolute Gasteiger partial charge is 0.321 e. The van der Waals surface area contributed by atoms with Crippen molar-refractivity contribution in [2.75, 3.05) is 5.32 Å². The predicted octanol–water partition coefficient (Wildman–Crippen LogP) is 3.91. The first-order valence-electron chi connectivity index (χ1n) is 8.81. The van der Waals surface area contributed by atoms with Gasteiger partial charge in [-0.1, -0.05) is 24.3 Å². The van der Waals surface area contributed by atoms with Crippen LogP contribution in [0.25, 0.3) is 16.9 Å². The number of aromatic nitrogens is 4. The van der Waals surface area contributed by atoms with E-state index in [9.17, 15) is 4.79 Å². The second-order valence-corrected chi connectivity index (χ2v) is 6.72. The minimum Gasteiger partial charge on any atom is -0.321 e. The normalized spacial score (nSPS) is 11.1. The fourth-order valence-electron chi connectivity index (χ4n) is 3.39. The van der Waals surface area contributed by atoms with E-state index >= 15 is 0 Å². The van der Waals surface area contributed by atoms with Gasteiger partial charge in [-0.2, -0.15) is 5.10 Å². The number of pyridine rings is 1. The van der Waals surface area contributed by atoms with Crippen LogP contribution in [0.2, 0.25) is 0 Å². The number of aryl methyl sites for hydroxylation is 3. The summed E-state index contributed by atoms with van der Waals surface area (Å²) in [7, 11) is 1.84. The lowest BCUT2D eigenvalue weighted by Gasteiger charge is -2.10. The van der Waals surface area contributed by atoms with Crippen molar-refractivity contribution in [2.45, 2.75) is 20.8 Å². The van der Waals surface area contributed by atoms with Gasteiger partial charge in [-0.25, -0.2) is 4.98 Å². The molecule has 0 aliphatic carbocycles. The van der Waals surface area contributed by atoms with Gasteiger partial charge in [-0.05, 0) is 38.5 Å². The molecule has 0 spiro atoms. The lowest BCUT2D eigenvalue weighted by Crippen LogP contribution is -2.14. The summed E-state index contributed by atoms with van der Waals surface area (Å²) in [6, 6.07) is 11.7. The van der Waals surface area contributed by atoms with E-state index in [1.807, 2.05) is 81.0 Å². The summed E-state index contributed by atoms with van der Waals surface area (Å²) in [6.45, 7) is 5.78. The van der Waals surface area contributed by atoms with Crippen molar-refractivity contribution in [1.29, 1.82) is 0 Å². The van der Waals surface area contributed by atoms with Crippen molar-refractivity contribution >= 4 is 17.2 Å². The van der Waals surface area contributed by atoms with Crippen LogP contribution in [-0.4, -0.2) is 25.1 Å². The number of anilines is 1. The molecule has 0 unspecified atom stereocenters. The van der Waals surface area contributed by atoms with E-state index < -0.39 is 0 Å². The summed E-state index contributed by atoms with van der Waals surface area (Å²) in [5.74, 6) is -0.162. The molecule has 0 radical (unpaired) electrons. The molecule has 0 saturated heterocycles. The van der Waals surface area contributed by atoms with Gasteiger partial charge in [0.1, 0.15) is 5.65 Å². The van der Waals surface area contributed by atoms with Gasteiger partial charge < -0.3 is 9.72 Å².